The highest BCUT2D eigenvalue weighted by Crippen LogP contribution is 2.14. The van der Waals surface area contributed by atoms with Gasteiger partial charge in [0, 0.05) is 6.42 Å². The predicted octanol–water partition coefficient (Wildman–Crippen LogP) is 3.12. The topological polar surface area (TPSA) is 30.7 Å². The van der Waals surface area contributed by atoms with Crippen molar-refractivity contribution in [1.82, 2.24) is 0 Å². The molecule has 0 bridgehead atoms. The first-order valence-electron chi connectivity index (χ1n) is 5.38. The van der Waals surface area contributed by atoms with Gasteiger partial charge in [-0.15, -0.1) is 0 Å². The first-order chi connectivity index (χ1) is 7.76. The highest BCUT2D eigenvalue weighted by atomic mass is 16.5. The van der Waals surface area contributed by atoms with Crippen molar-refractivity contribution in [3.63, 3.8) is 0 Å². The molecular weight excluding hydrogens is 202 g/mol. The molecule has 0 aliphatic carbocycles. The number of aryl methyl sites for hydroxylation is 1. The molecule has 0 spiro atoms. The average Bonchev–Trinajstić information content (AvgIpc) is 2.30. The van der Waals surface area contributed by atoms with Crippen molar-refractivity contribution in [2.45, 2.75) is 26.2 Å². The molecule has 0 aliphatic rings. The highest BCUT2D eigenvalue weighted by molar-refractivity contribution is 5.69. The lowest BCUT2D eigenvalue weighted by molar-refractivity contribution is -0.143. The molecule has 16 heavy (non-hydrogen) atoms. The zero-order valence-corrected chi connectivity index (χ0v) is 9.40. The summed E-state index contributed by atoms with van der Waals surface area (Å²) in [6.45, 7) is 9.07. The van der Waals surface area contributed by atoms with Crippen LogP contribution in [0, 0.1) is 6.57 Å². The zero-order chi connectivity index (χ0) is 11.8. The summed E-state index contributed by atoms with van der Waals surface area (Å²) >= 11 is 0. The minimum Gasteiger partial charge on any atom is -0.466 e. The van der Waals surface area contributed by atoms with Gasteiger partial charge in [-0.25, -0.2) is 4.85 Å². The van der Waals surface area contributed by atoms with Crippen molar-refractivity contribution in [3.8, 4) is 0 Å². The summed E-state index contributed by atoms with van der Waals surface area (Å²) in [6, 6.07) is 7.45. The summed E-state index contributed by atoms with van der Waals surface area (Å²) < 4.78 is 4.84. The normalized spacial score (nSPS) is 9.50. The Bertz CT molecular complexity index is 376. The molecule has 3 nitrogen and oxygen atoms in total. The molecule has 0 heterocycles. The van der Waals surface area contributed by atoms with Crippen LogP contribution >= 0.6 is 0 Å². The van der Waals surface area contributed by atoms with Gasteiger partial charge in [-0.2, -0.15) is 0 Å². The van der Waals surface area contributed by atoms with Gasteiger partial charge in [0.25, 0.3) is 0 Å². The van der Waals surface area contributed by atoms with E-state index in [-0.39, 0.29) is 5.97 Å². The Balaban J connectivity index is 2.32. The molecule has 0 unspecified atom stereocenters. The van der Waals surface area contributed by atoms with E-state index in [2.05, 4.69) is 4.85 Å². The molecular formula is C13H15NO2. The van der Waals surface area contributed by atoms with Crippen molar-refractivity contribution >= 4 is 11.7 Å². The SMILES string of the molecule is [C-]#[N+]c1ccc(CCCC(=O)OCC)cc1. The third-order valence-corrected chi connectivity index (χ3v) is 2.22. The van der Waals surface area contributed by atoms with Crippen LogP contribution in [0.5, 0.6) is 0 Å². The van der Waals surface area contributed by atoms with E-state index in [1.54, 1.807) is 19.1 Å². The van der Waals surface area contributed by atoms with Gasteiger partial charge in [0.15, 0.2) is 5.69 Å². The Morgan fingerprint density at radius 3 is 2.62 bits per heavy atom. The van der Waals surface area contributed by atoms with Gasteiger partial charge in [-0.05, 0) is 19.8 Å². The van der Waals surface area contributed by atoms with Gasteiger partial charge in [0.2, 0.25) is 0 Å². The molecule has 0 radical (unpaired) electrons. The number of ether oxygens (including phenoxy) is 1. The maximum atomic E-state index is 11.1. The van der Waals surface area contributed by atoms with E-state index in [0.717, 1.165) is 18.4 Å². The monoisotopic (exact) mass is 217 g/mol. The van der Waals surface area contributed by atoms with Crippen LogP contribution in [0.4, 0.5) is 5.69 Å². The van der Waals surface area contributed by atoms with E-state index in [4.69, 9.17) is 11.3 Å². The molecule has 0 saturated carbocycles. The minimum absolute atomic E-state index is 0.139. The largest absolute Gasteiger partial charge is 0.466 e. The molecule has 0 amide bonds. The van der Waals surface area contributed by atoms with E-state index in [0.29, 0.717) is 18.7 Å². The standard InChI is InChI=1S/C13H15NO2/c1-3-16-13(15)6-4-5-11-7-9-12(14-2)10-8-11/h7-10H,3-6H2,1H3. The predicted molar refractivity (Wildman–Crippen MR) is 62.3 cm³/mol. The third-order valence-electron chi connectivity index (χ3n) is 2.22. The Morgan fingerprint density at radius 1 is 1.38 bits per heavy atom. The summed E-state index contributed by atoms with van der Waals surface area (Å²) in [6.07, 6.45) is 2.09. The van der Waals surface area contributed by atoms with Gasteiger partial charge in [0.05, 0.1) is 13.2 Å². The Labute approximate surface area is 95.9 Å². The fourth-order valence-electron chi connectivity index (χ4n) is 1.41. The quantitative estimate of drug-likeness (QED) is 0.560. The Hall–Kier alpha value is -1.82. The van der Waals surface area contributed by atoms with Crippen LogP contribution in [0.15, 0.2) is 24.3 Å². The van der Waals surface area contributed by atoms with Crippen LogP contribution in [0.3, 0.4) is 0 Å². The summed E-state index contributed by atoms with van der Waals surface area (Å²) in [5.41, 5.74) is 1.80. The molecule has 0 aliphatic heterocycles. The van der Waals surface area contributed by atoms with Crippen LogP contribution in [0.2, 0.25) is 0 Å². The first kappa shape index (κ1) is 12.3. The van der Waals surface area contributed by atoms with Crippen molar-refractivity contribution in [1.29, 1.82) is 0 Å². The second-order valence-electron chi connectivity index (χ2n) is 3.44. The van der Waals surface area contributed by atoms with Gasteiger partial charge in [0.1, 0.15) is 0 Å². The van der Waals surface area contributed by atoms with Crippen molar-refractivity contribution in [2.75, 3.05) is 6.61 Å². The summed E-state index contributed by atoms with van der Waals surface area (Å²) in [5.74, 6) is -0.139. The second kappa shape index (κ2) is 6.62. The minimum atomic E-state index is -0.139. The number of carbonyl (C=O) groups is 1. The molecule has 0 fully saturated rings. The number of hydrogen-bond acceptors (Lipinski definition) is 2. The average molecular weight is 217 g/mol. The molecule has 1 rings (SSSR count). The number of benzene rings is 1. The molecule has 1 aromatic carbocycles. The molecule has 0 N–H and O–H groups in total. The van der Waals surface area contributed by atoms with Crippen molar-refractivity contribution in [2.24, 2.45) is 0 Å². The summed E-state index contributed by atoms with van der Waals surface area (Å²) in [7, 11) is 0. The Morgan fingerprint density at radius 2 is 2.06 bits per heavy atom. The fraction of sp³-hybridized carbons (Fsp3) is 0.385. The molecule has 0 atom stereocenters. The van der Waals surface area contributed by atoms with Gasteiger partial charge < -0.3 is 4.74 Å². The Kier molecular flexibility index (Phi) is 5.07. The first-order valence-corrected chi connectivity index (χ1v) is 5.38. The van der Waals surface area contributed by atoms with E-state index < -0.39 is 0 Å². The van der Waals surface area contributed by atoms with E-state index in [9.17, 15) is 4.79 Å². The maximum Gasteiger partial charge on any atom is 0.305 e. The summed E-state index contributed by atoms with van der Waals surface area (Å²) in [4.78, 5) is 14.4. The third kappa shape index (κ3) is 4.14. The van der Waals surface area contributed by atoms with E-state index >= 15 is 0 Å². The number of carbonyl (C=O) groups excluding carboxylic acids is 1. The van der Waals surface area contributed by atoms with Crippen LogP contribution in [0.25, 0.3) is 4.85 Å². The van der Waals surface area contributed by atoms with Gasteiger partial charge in [-0.3, -0.25) is 4.79 Å². The van der Waals surface area contributed by atoms with Crippen LogP contribution in [-0.4, -0.2) is 12.6 Å². The van der Waals surface area contributed by atoms with Gasteiger partial charge >= 0.3 is 5.97 Å². The van der Waals surface area contributed by atoms with Crippen molar-refractivity contribution in [3.05, 3.63) is 41.2 Å². The molecule has 3 heteroatoms. The van der Waals surface area contributed by atoms with E-state index in [1.807, 2.05) is 12.1 Å². The smallest absolute Gasteiger partial charge is 0.305 e. The number of nitrogens with zero attached hydrogens (tertiary/aromatic N) is 1. The fourth-order valence-corrected chi connectivity index (χ4v) is 1.41. The van der Waals surface area contributed by atoms with Crippen LogP contribution in [-0.2, 0) is 16.0 Å². The maximum absolute atomic E-state index is 11.1. The second-order valence-corrected chi connectivity index (χ2v) is 3.44. The van der Waals surface area contributed by atoms with E-state index in [1.165, 1.54) is 0 Å². The van der Waals surface area contributed by atoms with Crippen LogP contribution in [0.1, 0.15) is 25.3 Å². The van der Waals surface area contributed by atoms with Gasteiger partial charge in [-0.1, -0.05) is 29.8 Å². The molecule has 1 aromatic rings. The summed E-state index contributed by atoms with van der Waals surface area (Å²) in [5, 5.41) is 0. The number of hydrogen-bond donors (Lipinski definition) is 0. The van der Waals surface area contributed by atoms with Crippen LogP contribution < -0.4 is 0 Å². The molecule has 0 aromatic heterocycles. The molecule has 0 saturated heterocycles. The zero-order valence-electron chi connectivity index (χ0n) is 9.40. The highest BCUT2D eigenvalue weighted by Gasteiger charge is 2.01. The van der Waals surface area contributed by atoms with Crippen molar-refractivity contribution < 1.29 is 9.53 Å². The number of esters is 1. The lowest BCUT2D eigenvalue weighted by Crippen LogP contribution is -2.03. The number of rotatable bonds is 5. The lowest BCUT2D eigenvalue weighted by atomic mass is 10.1. The molecule has 84 valence electrons. The lowest BCUT2D eigenvalue weighted by Gasteiger charge is -2.02.